The van der Waals surface area contributed by atoms with E-state index < -0.39 is 17.5 Å². The van der Waals surface area contributed by atoms with E-state index in [1.807, 2.05) is 20.8 Å². The molecule has 0 aliphatic carbocycles. The van der Waals surface area contributed by atoms with Crippen molar-refractivity contribution < 1.29 is 18.3 Å². The lowest BCUT2D eigenvalue weighted by Crippen LogP contribution is -2.40. The summed E-state index contributed by atoms with van der Waals surface area (Å²) >= 11 is 1.00. The van der Waals surface area contributed by atoms with Crippen LogP contribution in [0.3, 0.4) is 0 Å². The van der Waals surface area contributed by atoms with Crippen molar-refractivity contribution in [2.45, 2.75) is 64.7 Å². The highest BCUT2D eigenvalue weighted by Crippen LogP contribution is 2.30. The Morgan fingerprint density at radius 2 is 1.81 bits per heavy atom. The summed E-state index contributed by atoms with van der Waals surface area (Å²) in [6.45, 7) is 7.34. The molecule has 0 amide bonds. The average molecular weight is 522 g/mol. The summed E-state index contributed by atoms with van der Waals surface area (Å²) in [6.07, 6.45) is -0.907. The highest BCUT2D eigenvalue weighted by Gasteiger charge is 2.33. The van der Waals surface area contributed by atoms with E-state index in [9.17, 15) is 18.3 Å². The number of halogens is 4. The van der Waals surface area contributed by atoms with Crippen LogP contribution in [-0.4, -0.2) is 41.3 Å². The van der Waals surface area contributed by atoms with Crippen LogP contribution in [-0.2, 0) is 12.6 Å². The first-order chi connectivity index (χ1) is 12.2. The van der Waals surface area contributed by atoms with Gasteiger partial charge in [-0.3, -0.25) is 4.99 Å². The molecule has 0 saturated heterocycles. The quantitative estimate of drug-likeness (QED) is 0.245. The van der Waals surface area contributed by atoms with Crippen LogP contribution in [0.2, 0.25) is 0 Å². The molecular weight excluding hydrogens is 492 g/mol. The minimum absolute atomic E-state index is 0. The van der Waals surface area contributed by atoms with Gasteiger partial charge in [-0.15, -0.1) is 35.3 Å². The Labute approximate surface area is 180 Å². The zero-order valence-corrected chi connectivity index (χ0v) is 19.2. The Kier molecular flexibility index (Phi) is 12.5. The molecule has 1 rings (SSSR count). The molecule has 0 unspecified atom stereocenters. The molecule has 27 heavy (non-hydrogen) atoms. The van der Waals surface area contributed by atoms with Crippen molar-refractivity contribution in [2.24, 2.45) is 4.99 Å². The standard InChI is InChI=1S/C17H29F3N4OS.HI/c1-4-8-16(25,9-5-2)12-23-15(21-6-3)22-10-7-14-24-13(11-26-14)17(18,19)20;/h11,25H,4-10,12H2,1-3H3,(H2,21,22,23);1H. The molecule has 10 heteroatoms. The molecule has 0 aliphatic rings. The molecular formula is C17H30F3IN4OS. The maximum Gasteiger partial charge on any atom is 0.434 e. The summed E-state index contributed by atoms with van der Waals surface area (Å²) in [6, 6.07) is 0. The molecule has 0 aliphatic heterocycles. The summed E-state index contributed by atoms with van der Waals surface area (Å²) in [5, 5.41) is 18.3. The highest BCUT2D eigenvalue weighted by atomic mass is 127. The van der Waals surface area contributed by atoms with Gasteiger partial charge in [0.25, 0.3) is 0 Å². The predicted molar refractivity (Wildman–Crippen MR) is 115 cm³/mol. The zero-order chi connectivity index (χ0) is 19.6. The predicted octanol–water partition coefficient (Wildman–Crippen LogP) is 4.21. The van der Waals surface area contributed by atoms with Crippen LogP contribution in [0.4, 0.5) is 13.2 Å². The third-order valence-electron chi connectivity index (χ3n) is 3.78. The number of thiazole rings is 1. The normalized spacial score (nSPS) is 12.6. The summed E-state index contributed by atoms with van der Waals surface area (Å²) in [7, 11) is 0. The number of nitrogens with zero attached hydrogens (tertiary/aromatic N) is 2. The van der Waals surface area contributed by atoms with Gasteiger partial charge >= 0.3 is 6.18 Å². The number of rotatable bonds is 10. The van der Waals surface area contributed by atoms with Crippen LogP contribution in [0, 0.1) is 0 Å². The van der Waals surface area contributed by atoms with Gasteiger partial charge in [-0.2, -0.15) is 13.2 Å². The Hall–Kier alpha value is -0.620. The fourth-order valence-electron chi connectivity index (χ4n) is 2.63. The van der Waals surface area contributed by atoms with Crippen molar-refractivity contribution in [1.82, 2.24) is 15.6 Å². The van der Waals surface area contributed by atoms with Crippen LogP contribution >= 0.6 is 35.3 Å². The van der Waals surface area contributed by atoms with E-state index in [1.54, 1.807) is 0 Å². The maximum atomic E-state index is 12.6. The summed E-state index contributed by atoms with van der Waals surface area (Å²) in [5.74, 6) is 0.547. The van der Waals surface area contributed by atoms with E-state index in [-0.39, 0.29) is 24.0 Å². The Morgan fingerprint density at radius 1 is 1.19 bits per heavy atom. The van der Waals surface area contributed by atoms with E-state index in [1.165, 1.54) is 0 Å². The van der Waals surface area contributed by atoms with E-state index in [2.05, 4.69) is 20.6 Å². The number of hydrogen-bond acceptors (Lipinski definition) is 4. The largest absolute Gasteiger partial charge is 0.434 e. The van der Waals surface area contributed by atoms with Gasteiger partial charge in [0.05, 0.1) is 17.2 Å². The minimum atomic E-state index is -4.40. The van der Waals surface area contributed by atoms with Gasteiger partial charge in [0.1, 0.15) is 0 Å². The molecule has 0 atom stereocenters. The smallest absolute Gasteiger partial charge is 0.388 e. The molecule has 0 radical (unpaired) electrons. The zero-order valence-electron chi connectivity index (χ0n) is 16.0. The summed E-state index contributed by atoms with van der Waals surface area (Å²) in [4.78, 5) is 8.06. The number of aromatic nitrogens is 1. The maximum absolute atomic E-state index is 12.6. The van der Waals surface area contributed by atoms with E-state index in [4.69, 9.17) is 0 Å². The first kappa shape index (κ1) is 26.4. The lowest BCUT2D eigenvalue weighted by Gasteiger charge is -2.26. The second-order valence-electron chi connectivity index (χ2n) is 6.22. The molecule has 1 aromatic rings. The van der Waals surface area contributed by atoms with E-state index in [0.29, 0.717) is 49.9 Å². The SMILES string of the molecule is CCCC(O)(CCC)CN=C(NCC)NCCc1nc(C(F)(F)F)cs1.I. The van der Waals surface area contributed by atoms with Gasteiger partial charge in [0.15, 0.2) is 11.7 Å². The molecule has 3 N–H and O–H groups in total. The fourth-order valence-corrected chi connectivity index (χ4v) is 3.43. The van der Waals surface area contributed by atoms with Crippen molar-refractivity contribution in [1.29, 1.82) is 0 Å². The van der Waals surface area contributed by atoms with E-state index >= 15 is 0 Å². The first-order valence-electron chi connectivity index (χ1n) is 9.00. The summed E-state index contributed by atoms with van der Waals surface area (Å²) < 4.78 is 37.7. The average Bonchev–Trinajstić information content (AvgIpc) is 3.02. The third-order valence-corrected chi connectivity index (χ3v) is 4.69. The number of hydrogen-bond donors (Lipinski definition) is 3. The number of aliphatic hydroxyl groups is 1. The lowest BCUT2D eigenvalue weighted by molar-refractivity contribution is -0.140. The van der Waals surface area contributed by atoms with Gasteiger partial charge in [-0.1, -0.05) is 26.7 Å². The number of nitrogens with one attached hydrogen (secondary N) is 2. The molecule has 0 spiro atoms. The van der Waals surface area contributed by atoms with E-state index in [0.717, 1.165) is 29.6 Å². The molecule has 1 aromatic heterocycles. The fraction of sp³-hybridized carbons (Fsp3) is 0.765. The van der Waals surface area contributed by atoms with Gasteiger partial charge in [0, 0.05) is 24.9 Å². The molecule has 0 saturated carbocycles. The van der Waals surface area contributed by atoms with Gasteiger partial charge in [-0.05, 0) is 19.8 Å². The molecule has 0 aromatic carbocycles. The van der Waals surface area contributed by atoms with Crippen molar-refractivity contribution >= 4 is 41.3 Å². The monoisotopic (exact) mass is 522 g/mol. The molecule has 158 valence electrons. The molecule has 0 fully saturated rings. The first-order valence-corrected chi connectivity index (χ1v) is 9.88. The Morgan fingerprint density at radius 3 is 2.30 bits per heavy atom. The van der Waals surface area contributed by atoms with Crippen LogP contribution in [0.15, 0.2) is 10.4 Å². The molecule has 5 nitrogen and oxygen atoms in total. The number of guanidine groups is 1. The van der Waals surface area contributed by atoms with Crippen LogP contribution < -0.4 is 10.6 Å². The van der Waals surface area contributed by atoms with Crippen LogP contribution in [0.25, 0.3) is 0 Å². The van der Waals surface area contributed by atoms with Crippen molar-refractivity contribution in [3.8, 4) is 0 Å². The Bertz CT molecular complexity index is 561. The van der Waals surface area contributed by atoms with Crippen molar-refractivity contribution in [3.63, 3.8) is 0 Å². The van der Waals surface area contributed by atoms with Gasteiger partial charge < -0.3 is 15.7 Å². The van der Waals surface area contributed by atoms with Gasteiger partial charge in [0.2, 0.25) is 0 Å². The topological polar surface area (TPSA) is 69.5 Å². The molecule has 1 heterocycles. The van der Waals surface area contributed by atoms with Gasteiger partial charge in [-0.25, -0.2) is 4.98 Å². The second-order valence-corrected chi connectivity index (χ2v) is 7.16. The molecule has 0 bridgehead atoms. The second kappa shape index (κ2) is 12.8. The van der Waals surface area contributed by atoms with Crippen molar-refractivity contribution in [2.75, 3.05) is 19.6 Å². The minimum Gasteiger partial charge on any atom is -0.388 e. The van der Waals surface area contributed by atoms with Crippen molar-refractivity contribution in [3.05, 3.63) is 16.1 Å². The Balaban J connectivity index is 0.00000676. The number of aliphatic imine (C=N–C) groups is 1. The third kappa shape index (κ3) is 9.93. The lowest BCUT2D eigenvalue weighted by atomic mass is 9.93. The summed E-state index contributed by atoms with van der Waals surface area (Å²) in [5.41, 5.74) is -1.66. The highest BCUT2D eigenvalue weighted by molar-refractivity contribution is 14.0. The van der Waals surface area contributed by atoms with Crippen LogP contribution in [0.5, 0.6) is 0 Å². The number of alkyl halides is 3. The van der Waals surface area contributed by atoms with Crippen LogP contribution in [0.1, 0.15) is 57.2 Å².